The van der Waals surface area contributed by atoms with E-state index in [1.165, 1.54) is 0 Å². The molecular formula is C34H38N4O4. The topological polar surface area (TPSA) is 83.1 Å². The van der Waals surface area contributed by atoms with Gasteiger partial charge < -0.3 is 14.5 Å². The van der Waals surface area contributed by atoms with Crippen LogP contribution < -0.4 is 0 Å². The first-order valence-electron chi connectivity index (χ1n) is 15.2. The number of aromatic nitrogens is 1. The van der Waals surface area contributed by atoms with E-state index in [0.29, 0.717) is 44.0 Å². The summed E-state index contributed by atoms with van der Waals surface area (Å²) in [5.41, 5.74) is 4.23. The fourth-order valence-electron chi connectivity index (χ4n) is 6.35. The molecule has 0 saturated carbocycles. The van der Waals surface area contributed by atoms with Gasteiger partial charge in [0.2, 0.25) is 5.91 Å². The number of hydrogen-bond acceptors (Lipinski definition) is 6. The van der Waals surface area contributed by atoms with Crippen LogP contribution in [0, 0.1) is 0 Å². The van der Waals surface area contributed by atoms with Crippen LogP contribution in [0.25, 0.3) is 22.5 Å². The van der Waals surface area contributed by atoms with Crippen LogP contribution in [0.4, 0.5) is 0 Å². The van der Waals surface area contributed by atoms with Gasteiger partial charge in [-0.15, -0.1) is 0 Å². The van der Waals surface area contributed by atoms with Crippen molar-refractivity contribution in [1.82, 2.24) is 19.7 Å². The van der Waals surface area contributed by atoms with Crippen LogP contribution in [0.5, 0.6) is 0 Å². The first-order chi connectivity index (χ1) is 20.5. The monoisotopic (exact) mass is 566 g/mol. The van der Waals surface area contributed by atoms with Gasteiger partial charge in [0.1, 0.15) is 6.10 Å². The minimum atomic E-state index is -0.148. The third-order valence-electron chi connectivity index (χ3n) is 8.80. The summed E-state index contributed by atoms with van der Waals surface area (Å²) in [6.45, 7) is 4.55. The molecule has 0 spiro atoms. The molecule has 3 saturated heterocycles. The van der Waals surface area contributed by atoms with Crippen molar-refractivity contribution < 1.29 is 19.1 Å². The SMILES string of the molecule is O=C1CC[C@@H](CCC(=O)N2CCC(N3CCN(C(=O)c4cc(-c5ccccc5)nc(-c5ccccc5)c4)CC3)CC2)O1. The first kappa shape index (κ1) is 28.1. The van der Waals surface area contributed by atoms with E-state index in [2.05, 4.69) is 4.90 Å². The highest BCUT2D eigenvalue weighted by atomic mass is 16.5. The van der Waals surface area contributed by atoms with Gasteiger partial charge in [0.15, 0.2) is 0 Å². The maximum absolute atomic E-state index is 13.8. The van der Waals surface area contributed by atoms with Crippen LogP contribution in [-0.2, 0) is 14.3 Å². The molecule has 1 aromatic heterocycles. The van der Waals surface area contributed by atoms with E-state index in [9.17, 15) is 14.4 Å². The quantitative estimate of drug-likeness (QED) is 0.387. The number of ether oxygens (including phenoxy) is 1. The Kier molecular flexibility index (Phi) is 8.60. The van der Waals surface area contributed by atoms with Gasteiger partial charge in [-0.25, -0.2) is 4.98 Å². The zero-order valence-electron chi connectivity index (χ0n) is 24.0. The predicted molar refractivity (Wildman–Crippen MR) is 161 cm³/mol. The van der Waals surface area contributed by atoms with Gasteiger partial charge in [-0.3, -0.25) is 19.3 Å². The number of cyclic esters (lactones) is 1. The summed E-state index contributed by atoms with van der Waals surface area (Å²) < 4.78 is 5.25. The van der Waals surface area contributed by atoms with Gasteiger partial charge in [-0.05, 0) is 37.8 Å². The molecular weight excluding hydrogens is 528 g/mol. The van der Waals surface area contributed by atoms with Gasteiger partial charge in [0, 0.05) is 74.8 Å². The van der Waals surface area contributed by atoms with Gasteiger partial charge >= 0.3 is 5.97 Å². The number of likely N-dealkylation sites (tertiary alicyclic amines) is 1. The molecule has 0 unspecified atom stereocenters. The van der Waals surface area contributed by atoms with E-state index in [0.717, 1.165) is 68.0 Å². The number of piperazine rings is 1. The van der Waals surface area contributed by atoms with Crippen molar-refractivity contribution in [2.24, 2.45) is 0 Å². The second-order valence-corrected chi connectivity index (χ2v) is 11.5. The smallest absolute Gasteiger partial charge is 0.306 e. The lowest BCUT2D eigenvalue weighted by molar-refractivity contribution is -0.143. The summed E-state index contributed by atoms with van der Waals surface area (Å²) >= 11 is 0. The van der Waals surface area contributed by atoms with E-state index in [-0.39, 0.29) is 23.9 Å². The molecule has 3 aliphatic heterocycles. The Bertz CT molecular complexity index is 1340. The number of benzene rings is 2. The summed E-state index contributed by atoms with van der Waals surface area (Å²) in [7, 11) is 0. The molecule has 4 heterocycles. The minimum Gasteiger partial charge on any atom is -0.462 e. The highest BCUT2D eigenvalue weighted by Gasteiger charge is 2.31. The van der Waals surface area contributed by atoms with Crippen LogP contribution in [-0.4, -0.2) is 88.9 Å². The van der Waals surface area contributed by atoms with E-state index in [1.807, 2.05) is 82.6 Å². The maximum atomic E-state index is 13.8. The molecule has 0 bridgehead atoms. The van der Waals surface area contributed by atoms with Crippen LogP contribution in [0.1, 0.15) is 48.9 Å². The first-order valence-corrected chi connectivity index (χ1v) is 15.2. The van der Waals surface area contributed by atoms with Crippen molar-refractivity contribution in [2.45, 2.75) is 50.7 Å². The number of nitrogens with zero attached hydrogens (tertiary/aromatic N) is 4. The highest BCUT2D eigenvalue weighted by molar-refractivity contribution is 5.96. The molecule has 0 aliphatic carbocycles. The normalized spacial score (nSPS) is 20.0. The van der Waals surface area contributed by atoms with Gasteiger partial charge in [-0.2, -0.15) is 0 Å². The Morgan fingerprint density at radius 3 is 1.90 bits per heavy atom. The van der Waals surface area contributed by atoms with Crippen molar-refractivity contribution in [3.8, 4) is 22.5 Å². The van der Waals surface area contributed by atoms with Gasteiger partial charge in [0.05, 0.1) is 11.4 Å². The molecule has 6 rings (SSSR count). The van der Waals surface area contributed by atoms with E-state index in [4.69, 9.17) is 9.72 Å². The number of esters is 1. The molecule has 0 N–H and O–H groups in total. The van der Waals surface area contributed by atoms with Gasteiger partial charge in [-0.1, -0.05) is 60.7 Å². The number of amides is 2. The minimum absolute atomic E-state index is 0.0415. The summed E-state index contributed by atoms with van der Waals surface area (Å²) in [4.78, 5) is 49.1. The second kappa shape index (κ2) is 12.9. The Morgan fingerprint density at radius 1 is 0.762 bits per heavy atom. The molecule has 0 radical (unpaired) electrons. The van der Waals surface area contributed by atoms with Crippen molar-refractivity contribution in [3.63, 3.8) is 0 Å². The van der Waals surface area contributed by atoms with E-state index >= 15 is 0 Å². The van der Waals surface area contributed by atoms with Crippen LogP contribution >= 0.6 is 0 Å². The van der Waals surface area contributed by atoms with Crippen molar-refractivity contribution in [2.75, 3.05) is 39.3 Å². The average Bonchev–Trinajstić information content (AvgIpc) is 3.49. The highest BCUT2D eigenvalue weighted by Crippen LogP contribution is 2.27. The predicted octanol–water partition coefficient (Wildman–Crippen LogP) is 4.65. The third kappa shape index (κ3) is 6.54. The average molecular weight is 567 g/mol. The lowest BCUT2D eigenvalue weighted by atomic mass is 10.0. The third-order valence-corrected chi connectivity index (χ3v) is 8.80. The zero-order valence-corrected chi connectivity index (χ0v) is 24.0. The molecule has 2 amide bonds. The Hall–Kier alpha value is -4.04. The van der Waals surface area contributed by atoms with Crippen molar-refractivity contribution in [3.05, 3.63) is 78.4 Å². The summed E-state index contributed by atoms with van der Waals surface area (Å²) in [5, 5.41) is 0. The molecule has 218 valence electrons. The second-order valence-electron chi connectivity index (χ2n) is 11.5. The molecule has 1 atom stereocenters. The summed E-state index contributed by atoms with van der Waals surface area (Å²) in [5.74, 6) is 0.0541. The van der Waals surface area contributed by atoms with Gasteiger partial charge in [0.25, 0.3) is 5.91 Å². The zero-order chi connectivity index (χ0) is 28.9. The van der Waals surface area contributed by atoms with E-state index in [1.54, 1.807) is 0 Å². The van der Waals surface area contributed by atoms with Crippen LogP contribution in [0.15, 0.2) is 72.8 Å². The molecule has 42 heavy (non-hydrogen) atoms. The molecule has 3 aliphatic rings. The van der Waals surface area contributed by atoms with Crippen LogP contribution in [0.2, 0.25) is 0 Å². The molecule has 8 nitrogen and oxygen atoms in total. The lowest BCUT2D eigenvalue weighted by Gasteiger charge is -2.42. The summed E-state index contributed by atoms with van der Waals surface area (Å²) in [6, 6.07) is 24.3. The van der Waals surface area contributed by atoms with Crippen molar-refractivity contribution >= 4 is 17.8 Å². The molecule has 3 aromatic rings. The fourth-order valence-corrected chi connectivity index (χ4v) is 6.35. The standard InChI is InChI=1S/C34H38N4O4/c39-32(13-11-29-12-14-33(40)42-29)37-17-15-28(16-18-37)36-19-21-38(22-20-36)34(41)27-23-30(25-7-3-1-4-8-25)35-31(24-27)26-9-5-2-6-10-26/h1-10,23-24,28-29H,11-22H2/t29-/m1/s1. The Balaban J connectivity index is 1.04. The fraction of sp³-hybridized carbons (Fsp3) is 0.412. The molecule has 8 heteroatoms. The largest absolute Gasteiger partial charge is 0.462 e. The number of hydrogen-bond donors (Lipinski definition) is 0. The van der Waals surface area contributed by atoms with Crippen molar-refractivity contribution in [1.29, 1.82) is 0 Å². The number of rotatable bonds is 7. The summed E-state index contributed by atoms with van der Waals surface area (Å²) in [6.07, 6.45) is 4.06. The van der Waals surface area contributed by atoms with E-state index < -0.39 is 0 Å². The number of carbonyl (C=O) groups is 3. The Morgan fingerprint density at radius 2 is 1.36 bits per heavy atom. The number of pyridine rings is 1. The molecule has 3 fully saturated rings. The molecule has 2 aromatic carbocycles. The number of piperidine rings is 1. The maximum Gasteiger partial charge on any atom is 0.306 e. The number of carbonyl (C=O) groups excluding carboxylic acids is 3. The Labute approximate surface area is 247 Å². The lowest BCUT2D eigenvalue weighted by Crippen LogP contribution is -2.54. The van der Waals surface area contributed by atoms with Crippen LogP contribution in [0.3, 0.4) is 0 Å².